The second-order valence-electron chi connectivity index (χ2n) is 8.22. The molecule has 1 saturated carbocycles. The van der Waals surface area contributed by atoms with Crippen LogP contribution in [-0.2, 0) is 0 Å². The number of amides is 2. The summed E-state index contributed by atoms with van der Waals surface area (Å²) in [5.74, 6) is -0.496. The molecule has 30 heavy (non-hydrogen) atoms. The first-order valence-electron chi connectivity index (χ1n) is 10.4. The molecule has 2 amide bonds. The van der Waals surface area contributed by atoms with Crippen molar-refractivity contribution < 1.29 is 9.59 Å². The van der Waals surface area contributed by atoms with E-state index in [1.807, 2.05) is 49.5 Å². The van der Waals surface area contributed by atoms with Gasteiger partial charge in [-0.25, -0.2) is 0 Å². The largest absolute Gasteiger partial charge is 0.366 e. The molecule has 0 saturated heterocycles. The average Bonchev–Trinajstić information content (AvgIpc) is 3.14. The lowest BCUT2D eigenvalue weighted by molar-refractivity contribution is 0.0957. The van der Waals surface area contributed by atoms with Gasteiger partial charge in [0.05, 0.1) is 11.1 Å². The van der Waals surface area contributed by atoms with Gasteiger partial charge >= 0.3 is 0 Å². The Morgan fingerprint density at radius 2 is 1.90 bits per heavy atom. The summed E-state index contributed by atoms with van der Waals surface area (Å²) in [5, 5.41) is 1.03. The summed E-state index contributed by atoms with van der Waals surface area (Å²) in [6, 6.07) is 13.8. The molecule has 0 radical (unpaired) electrons. The number of aromatic amines is 1. The van der Waals surface area contributed by atoms with Crippen LogP contribution in [0, 0.1) is 0 Å². The zero-order valence-electron chi connectivity index (χ0n) is 17.7. The van der Waals surface area contributed by atoms with Gasteiger partial charge in [0.25, 0.3) is 5.91 Å². The first-order chi connectivity index (χ1) is 14.4. The van der Waals surface area contributed by atoms with Gasteiger partial charge in [0.15, 0.2) is 0 Å². The van der Waals surface area contributed by atoms with Crippen molar-refractivity contribution in [3.63, 3.8) is 0 Å². The molecule has 4 rings (SSSR count). The van der Waals surface area contributed by atoms with Gasteiger partial charge in [-0.1, -0.05) is 12.1 Å². The molecule has 1 heterocycles. The number of nitrogens with one attached hydrogen (secondary N) is 1. The zero-order valence-corrected chi connectivity index (χ0v) is 17.7. The summed E-state index contributed by atoms with van der Waals surface area (Å²) >= 11 is 0. The number of carbonyl (C=O) groups excluding carboxylic acids is 2. The van der Waals surface area contributed by atoms with E-state index in [1.54, 1.807) is 11.0 Å². The Kier molecular flexibility index (Phi) is 5.35. The van der Waals surface area contributed by atoms with E-state index >= 15 is 0 Å². The lowest BCUT2D eigenvalue weighted by Gasteiger charge is -2.40. The first-order valence-corrected chi connectivity index (χ1v) is 10.4. The fraction of sp³-hybridized carbons (Fsp3) is 0.333. The van der Waals surface area contributed by atoms with Crippen molar-refractivity contribution in [2.24, 2.45) is 5.73 Å². The maximum atomic E-state index is 13.5. The second-order valence-corrected chi connectivity index (χ2v) is 8.22. The van der Waals surface area contributed by atoms with Crippen molar-refractivity contribution in [1.29, 1.82) is 0 Å². The SMILES string of the molecule is CCN(C(=O)c1cccc([C@H]2C[C@H](N(C)C)C2)c1C(N)=O)c1ccc2[nH]ccc2c1. The third-order valence-electron chi connectivity index (χ3n) is 6.27. The fourth-order valence-electron chi connectivity index (χ4n) is 4.42. The highest BCUT2D eigenvalue weighted by molar-refractivity contribution is 6.14. The van der Waals surface area contributed by atoms with Crippen LogP contribution in [0.3, 0.4) is 0 Å². The van der Waals surface area contributed by atoms with E-state index < -0.39 is 5.91 Å². The quantitative estimate of drug-likeness (QED) is 0.657. The maximum absolute atomic E-state index is 13.5. The van der Waals surface area contributed by atoms with Crippen molar-refractivity contribution in [1.82, 2.24) is 9.88 Å². The van der Waals surface area contributed by atoms with Crippen molar-refractivity contribution in [2.45, 2.75) is 31.7 Å². The van der Waals surface area contributed by atoms with Gasteiger partial charge in [0.2, 0.25) is 5.91 Å². The summed E-state index contributed by atoms with van der Waals surface area (Å²) in [7, 11) is 4.13. The van der Waals surface area contributed by atoms with Crippen LogP contribution in [0.25, 0.3) is 10.9 Å². The van der Waals surface area contributed by atoms with E-state index in [2.05, 4.69) is 24.0 Å². The van der Waals surface area contributed by atoms with Crippen LogP contribution in [-0.4, -0.2) is 48.4 Å². The highest BCUT2D eigenvalue weighted by Gasteiger charge is 2.35. The number of anilines is 1. The highest BCUT2D eigenvalue weighted by Crippen LogP contribution is 2.41. The second kappa shape index (κ2) is 7.95. The molecule has 1 aromatic heterocycles. The van der Waals surface area contributed by atoms with Gasteiger partial charge in [-0.2, -0.15) is 0 Å². The summed E-state index contributed by atoms with van der Waals surface area (Å²) in [6.45, 7) is 2.42. The minimum Gasteiger partial charge on any atom is -0.366 e. The van der Waals surface area contributed by atoms with Crippen LogP contribution in [0.15, 0.2) is 48.7 Å². The molecular weight excluding hydrogens is 376 g/mol. The van der Waals surface area contributed by atoms with Crippen molar-refractivity contribution in [3.8, 4) is 0 Å². The third-order valence-corrected chi connectivity index (χ3v) is 6.27. The van der Waals surface area contributed by atoms with E-state index in [9.17, 15) is 9.59 Å². The molecule has 6 nitrogen and oxygen atoms in total. The van der Waals surface area contributed by atoms with E-state index in [0.717, 1.165) is 35.0 Å². The van der Waals surface area contributed by atoms with E-state index in [4.69, 9.17) is 5.73 Å². The van der Waals surface area contributed by atoms with Gasteiger partial charge in [-0.3, -0.25) is 9.59 Å². The summed E-state index contributed by atoms with van der Waals surface area (Å²) in [6.07, 6.45) is 3.81. The summed E-state index contributed by atoms with van der Waals surface area (Å²) in [5.41, 5.74) is 9.23. The summed E-state index contributed by atoms with van der Waals surface area (Å²) < 4.78 is 0. The summed E-state index contributed by atoms with van der Waals surface area (Å²) in [4.78, 5) is 33.0. The van der Waals surface area contributed by atoms with Crippen LogP contribution in [0.1, 0.15) is 52.0 Å². The van der Waals surface area contributed by atoms with Crippen molar-refractivity contribution >= 4 is 28.4 Å². The number of rotatable bonds is 6. The number of H-pyrrole nitrogens is 1. The maximum Gasteiger partial charge on any atom is 0.259 e. The molecule has 156 valence electrons. The Hall–Kier alpha value is -3.12. The Bertz CT molecular complexity index is 1100. The van der Waals surface area contributed by atoms with E-state index in [1.165, 1.54) is 0 Å². The topological polar surface area (TPSA) is 82.4 Å². The third kappa shape index (κ3) is 3.48. The molecule has 3 aromatic rings. The number of primary amides is 1. The number of benzene rings is 2. The van der Waals surface area contributed by atoms with Gasteiger partial charge < -0.3 is 20.5 Å². The molecule has 0 atom stereocenters. The number of hydrogen-bond acceptors (Lipinski definition) is 3. The Morgan fingerprint density at radius 1 is 1.13 bits per heavy atom. The van der Waals surface area contributed by atoms with Crippen LogP contribution >= 0.6 is 0 Å². The van der Waals surface area contributed by atoms with Crippen molar-refractivity contribution in [2.75, 3.05) is 25.5 Å². The molecule has 0 bridgehead atoms. The lowest BCUT2D eigenvalue weighted by atomic mass is 9.73. The molecule has 1 fully saturated rings. The van der Waals surface area contributed by atoms with Gasteiger partial charge in [-0.05, 0) is 75.7 Å². The van der Waals surface area contributed by atoms with Crippen LogP contribution in [0.5, 0.6) is 0 Å². The highest BCUT2D eigenvalue weighted by atomic mass is 16.2. The van der Waals surface area contributed by atoms with Gasteiger partial charge in [0, 0.05) is 35.4 Å². The molecule has 6 heteroatoms. The first kappa shape index (κ1) is 20.2. The molecule has 1 aliphatic rings. The number of nitrogens with two attached hydrogens (primary N) is 1. The standard InChI is InChI=1S/C24H28N4O2/c1-4-28(17-8-9-21-15(12-17)10-11-26-21)24(30)20-7-5-6-19(22(20)23(25)29)16-13-18(14-16)27(2)3/h5-12,16,18,26H,4,13-14H2,1-3H3,(H2,25,29)/t16-,18-. The predicted octanol–water partition coefficient (Wildman–Crippen LogP) is 3.74. The van der Waals surface area contributed by atoms with Crippen molar-refractivity contribution in [3.05, 3.63) is 65.4 Å². The van der Waals surface area contributed by atoms with Gasteiger partial charge in [-0.15, -0.1) is 0 Å². The van der Waals surface area contributed by atoms with Crippen LogP contribution in [0.4, 0.5) is 5.69 Å². The molecule has 1 aliphatic carbocycles. The Balaban J connectivity index is 1.70. The molecule has 3 N–H and O–H groups in total. The molecule has 0 spiro atoms. The zero-order chi connectivity index (χ0) is 21.4. The average molecular weight is 405 g/mol. The smallest absolute Gasteiger partial charge is 0.259 e. The Labute approximate surface area is 176 Å². The molecule has 0 unspecified atom stereocenters. The monoisotopic (exact) mass is 404 g/mol. The number of hydrogen-bond donors (Lipinski definition) is 2. The molecule has 0 aliphatic heterocycles. The Morgan fingerprint density at radius 3 is 2.57 bits per heavy atom. The van der Waals surface area contributed by atoms with E-state index in [-0.39, 0.29) is 11.8 Å². The minimum atomic E-state index is -0.542. The number of aromatic nitrogens is 1. The lowest BCUT2D eigenvalue weighted by Crippen LogP contribution is -2.40. The number of nitrogens with zero attached hydrogens (tertiary/aromatic N) is 2. The predicted molar refractivity (Wildman–Crippen MR) is 120 cm³/mol. The van der Waals surface area contributed by atoms with Crippen LogP contribution < -0.4 is 10.6 Å². The van der Waals surface area contributed by atoms with Crippen LogP contribution in [0.2, 0.25) is 0 Å². The number of carbonyl (C=O) groups is 2. The molecule has 2 aromatic carbocycles. The van der Waals surface area contributed by atoms with E-state index in [0.29, 0.717) is 23.7 Å². The number of fused-ring (bicyclic) bond motifs is 1. The fourth-order valence-corrected chi connectivity index (χ4v) is 4.42. The van der Waals surface area contributed by atoms with Gasteiger partial charge in [0.1, 0.15) is 0 Å². The minimum absolute atomic E-state index is 0.202. The molecular formula is C24H28N4O2. The normalized spacial score (nSPS) is 18.4.